The molecule has 1 saturated heterocycles. The van der Waals surface area contributed by atoms with Crippen LogP contribution in [0.25, 0.3) is 11.0 Å². The molecule has 1 amide bonds. The van der Waals surface area contributed by atoms with Crippen LogP contribution in [0.15, 0.2) is 51.8 Å². The Morgan fingerprint density at radius 2 is 1.86 bits per heavy atom. The van der Waals surface area contributed by atoms with Crippen LogP contribution < -0.4 is 5.56 Å². The molecule has 1 aliphatic rings. The second-order valence-corrected chi connectivity index (χ2v) is 7.60. The molecule has 0 saturated carbocycles. The van der Waals surface area contributed by atoms with E-state index in [4.69, 9.17) is 4.42 Å². The summed E-state index contributed by atoms with van der Waals surface area (Å²) < 4.78 is 7.34. The van der Waals surface area contributed by atoms with E-state index in [2.05, 4.69) is 24.3 Å². The van der Waals surface area contributed by atoms with Gasteiger partial charge in [-0.15, -0.1) is 0 Å². The van der Waals surface area contributed by atoms with E-state index in [0.717, 1.165) is 32.4 Å². The summed E-state index contributed by atoms with van der Waals surface area (Å²) in [5.74, 6) is 1.03. The summed E-state index contributed by atoms with van der Waals surface area (Å²) in [6, 6.07) is 12.3. The van der Waals surface area contributed by atoms with Crippen molar-refractivity contribution in [1.82, 2.24) is 9.47 Å². The highest BCUT2D eigenvalue weighted by Gasteiger charge is 2.29. The maximum atomic E-state index is 13.2. The predicted octanol–water partition coefficient (Wildman–Crippen LogP) is 4.02. The van der Waals surface area contributed by atoms with Gasteiger partial charge in [0.15, 0.2) is 0 Å². The summed E-state index contributed by atoms with van der Waals surface area (Å²) in [7, 11) is 0. The lowest BCUT2D eigenvalue weighted by atomic mass is 9.90. The van der Waals surface area contributed by atoms with Gasteiger partial charge in [0.1, 0.15) is 11.3 Å². The highest BCUT2D eigenvalue weighted by molar-refractivity contribution is 6.06. The summed E-state index contributed by atoms with van der Waals surface area (Å²) in [6.07, 6.45) is 4.73. The Labute approximate surface area is 164 Å². The van der Waals surface area contributed by atoms with E-state index in [-0.39, 0.29) is 11.5 Å². The molecule has 5 heteroatoms. The topological polar surface area (TPSA) is 55.5 Å². The van der Waals surface area contributed by atoms with Crippen molar-refractivity contribution in [1.29, 1.82) is 0 Å². The molecule has 28 heavy (non-hydrogen) atoms. The number of carbonyl (C=O) groups is 1. The molecule has 1 fully saturated rings. The summed E-state index contributed by atoms with van der Waals surface area (Å²) in [4.78, 5) is 27.9. The molecule has 1 aromatic carbocycles. The van der Waals surface area contributed by atoms with Crippen molar-refractivity contribution in [3.05, 3.63) is 69.8 Å². The number of carbonyl (C=O) groups excluding carboxylic acids is 1. The monoisotopic (exact) mass is 378 g/mol. The van der Waals surface area contributed by atoms with Crippen molar-refractivity contribution in [3.8, 4) is 0 Å². The lowest BCUT2D eigenvalue weighted by Crippen LogP contribution is -2.39. The van der Waals surface area contributed by atoms with Gasteiger partial charge in [-0.05, 0) is 50.7 Å². The summed E-state index contributed by atoms with van der Waals surface area (Å²) in [5.41, 5.74) is 2.13. The molecule has 0 bridgehead atoms. The van der Waals surface area contributed by atoms with Crippen molar-refractivity contribution in [2.45, 2.75) is 39.7 Å². The van der Waals surface area contributed by atoms with Crippen molar-refractivity contribution >= 4 is 16.9 Å². The quantitative estimate of drug-likeness (QED) is 0.689. The van der Waals surface area contributed by atoms with Crippen LogP contribution in [0.1, 0.15) is 41.4 Å². The Bertz CT molecular complexity index is 1040. The maximum Gasteiger partial charge on any atom is 0.262 e. The lowest BCUT2D eigenvalue weighted by molar-refractivity contribution is 0.0690. The number of rotatable bonds is 4. The van der Waals surface area contributed by atoms with Crippen LogP contribution in [-0.4, -0.2) is 28.5 Å². The standard InChI is InChI=1S/C23H26N2O3/c1-3-24-14-11-19-21(23(24)27)20(16(2)28-19)22(26)25-12-9-18(10-13-25)15-17-7-5-4-6-8-17/h4-8,11,14,18H,3,9-10,12-13,15H2,1-2H3. The number of hydrogen-bond donors (Lipinski definition) is 0. The van der Waals surface area contributed by atoms with E-state index in [0.29, 0.717) is 34.8 Å². The van der Waals surface area contributed by atoms with Gasteiger partial charge in [-0.1, -0.05) is 30.3 Å². The number of aryl methyl sites for hydroxylation is 2. The van der Waals surface area contributed by atoms with E-state index in [1.807, 2.05) is 17.9 Å². The van der Waals surface area contributed by atoms with Gasteiger partial charge in [0.25, 0.3) is 11.5 Å². The van der Waals surface area contributed by atoms with Crippen LogP contribution >= 0.6 is 0 Å². The van der Waals surface area contributed by atoms with Crippen molar-refractivity contribution in [3.63, 3.8) is 0 Å². The highest BCUT2D eigenvalue weighted by atomic mass is 16.3. The number of likely N-dealkylation sites (tertiary alicyclic amines) is 1. The fourth-order valence-corrected chi connectivity index (χ4v) is 4.22. The zero-order valence-corrected chi connectivity index (χ0v) is 16.5. The second-order valence-electron chi connectivity index (χ2n) is 7.60. The number of pyridine rings is 1. The number of fused-ring (bicyclic) bond motifs is 1. The first-order chi connectivity index (χ1) is 13.6. The fourth-order valence-electron chi connectivity index (χ4n) is 4.22. The molecule has 2 aromatic heterocycles. The summed E-state index contributed by atoms with van der Waals surface area (Å²) in [5, 5.41) is 0.415. The van der Waals surface area contributed by atoms with Gasteiger partial charge in [-0.3, -0.25) is 9.59 Å². The van der Waals surface area contributed by atoms with E-state index in [1.165, 1.54) is 5.56 Å². The van der Waals surface area contributed by atoms with E-state index >= 15 is 0 Å². The molecular formula is C23H26N2O3. The molecule has 0 atom stereocenters. The molecule has 3 heterocycles. The molecule has 4 rings (SSSR count). The normalized spacial score (nSPS) is 15.3. The van der Waals surface area contributed by atoms with Gasteiger partial charge in [-0.2, -0.15) is 0 Å². The van der Waals surface area contributed by atoms with Crippen LogP contribution in [-0.2, 0) is 13.0 Å². The Morgan fingerprint density at radius 3 is 2.54 bits per heavy atom. The number of nitrogens with zero attached hydrogens (tertiary/aromatic N) is 2. The minimum Gasteiger partial charge on any atom is -0.460 e. The first-order valence-corrected chi connectivity index (χ1v) is 10.0. The zero-order valence-electron chi connectivity index (χ0n) is 16.5. The van der Waals surface area contributed by atoms with Gasteiger partial charge < -0.3 is 13.9 Å². The van der Waals surface area contributed by atoms with Gasteiger partial charge in [0, 0.05) is 25.8 Å². The summed E-state index contributed by atoms with van der Waals surface area (Å²) >= 11 is 0. The van der Waals surface area contributed by atoms with Crippen molar-refractivity contribution < 1.29 is 9.21 Å². The molecule has 0 radical (unpaired) electrons. The second kappa shape index (κ2) is 7.66. The number of piperidine rings is 1. The molecule has 5 nitrogen and oxygen atoms in total. The number of aromatic nitrogens is 1. The van der Waals surface area contributed by atoms with E-state index < -0.39 is 0 Å². The Morgan fingerprint density at radius 1 is 1.14 bits per heavy atom. The third-order valence-electron chi connectivity index (χ3n) is 5.82. The SMILES string of the molecule is CCn1ccc2oc(C)c(C(=O)N3CCC(Cc4ccccc4)CC3)c2c1=O. The molecule has 1 aliphatic heterocycles. The molecular weight excluding hydrogens is 352 g/mol. The minimum absolute atomic E-state index is 0.0830. The average molecular weight is 378 g/mol. The number of benzene rings is 1. The van der Waals surface area contributed by atoms with Crippen molar-refractivity contribution in [2.75, 3.05) is 13.1 Å². The van der Waals surface area contributed by atoms with Crippen LogP contribution in [0, 0.1) is 12.8 Å². The molecule has 0 N–H and O–H groups in total. The summed E-state index contributed by atoms with van der Waals surface area (Å²) in [6.45, 7) is 5.69. The zero-order chi connectivity index (χ0) is 19.7. The van der Waals surface area contributed by atoms with Gasteiger partial charge in [0.05, 0.1) is 10.9 Å². The highest BCUT2D eigenvalue weighted by Crippen LogP contribution is 2.27. The van der Waals surface area contributed by atoms with E-state index in [1.54, 1.807) is 23.8 Å². The third kappa shape index (κ3) is 3.37. The largest absolute Gasteiger partial charge is 0.460 e. The smallest absolute Gasteiger partial charge is 0.262 e. The molecule has 146 valence electrons. The maximum absolute atomic E-state index is 13.2. The van der Waals surface area contributed by atoms with Gasteiger partial charge >= 0.3 is 0 Å². The average Bonchev–Trinajstić information content (AvgIpc) is 3.06. The molecule has 3 aromatic rings. The lowest BCUT2D eigenvalue weighted by Gasteiger charge is -2.32. The Hall–Kier alpha value is -2.82. The van der Waals surface area contributed by atoms with Crippen molar-refractivity contribution in [2.24, 2.45) is 5.92 Å². The molecule has 0 unspecified atom stereocenters. The van der Waals surface area contributed by atoms with Gasteiger partial charge in [-0.25, -0.2) is 0 Å². The minimum atomic E-state index is -0.154. The predicted molar refractivity (Wildman–Crippen MR) is 110 cm³/mol. The van der Waals surface area contributed by atoms with Crippen LogP contribution in [0.2, 0.25) is 0 Å². The molecule has 0 spiro atoms. The Balaban J connectivity index is 1.53. The fraction of sp³-hybridized carbons (Fsp3) is 0.391. The third-order valence-corrected chi connectivity index (χ3v) is 5.82. The number of hydrogen-bond acceptors (Lipinski definition) is 3. The first kappa shape index (κ1) is 18.5. The number of amides is 1. The van der Waals surface area contributed by atoms with Gasteiger partial charge in [0.2, 0.25) is 0 Å². The Kier molecular flexibility index (Phi) is 5.07. The van der Waals surface area contributed by atoms with Crippen LogP contribution in [0.4, 0.5) is 0 Å². The van der Waals surface area contributed by atoms with E-state index in [9.17, 15) is 9.59 Å². The first-order valence-electron chi connectivity index (χ1n) is 10.0. The van der Waals surface area contributed by atoms with Crippen LogP contribution in [0.3, 0.4) is 0 Å². The number of furan rings is 1. The van der Waals surface area contributed by atoms with Crippen LogP contribution in [0.5, 0.6) is 0 Å². The molecule has 0 aliphatic carbocycles.